The van der Waals surface area contributed by atoms with Gasteiger partial charge in [0.2, 0.25) is 0 Å². The lowest BCUT2D eigenvalue weighted by Crippen LogP contribution is -2.14. The summed E-state index contributed by atoms with van der Waals surface area (Å²) >= 11 is 0. The Bertz CT molecular complexity index is 1290. The summed E-state index contributed by atoms with van der Waals surface area (Å²) in [6, 6.07) is 14.6. The molecule has 0 unspecified atom stereocenters. The van der Waals surface area contributed by atoms with E-state index in [4.69, 9.17) is 0 Å². The zero-order valence-corrected chi connectivity index (χ0v) is 21.1. The molecule has 1 saturated carbocycles. The van der Waals surface area contributed by atoms with Gasteiger partial charge in [0.1, 0.15) is 11.6 Å². The molecular formula is C33H32F2. The van der Waals surface area contributed by atoms with Crippen LogP contribution in [0.15, 0.2) is 48.5 Å². The third-order valence-electron chi connectivity index (χ3n) is 7.01. The summed E-state index contributed by atoms with van der Waals surface area (Å²) in [4.78, 5) is 0. The highest BCUT2D eigenvalue weighted by Gasteiger charge is 2.19. The minimum absolute atomic E-state index is 0.218. The van der Waals surface area contributed by atoms with E-state index in [9.17, 15) is 8.78 Å². The fourth-order valence-electron chi connectivity index (χ4n) is 4.91. The Balaban J connectivity index is 1.53. The Labute approximate surface area is 208 Å². The van der Waals surface area contributed by atoms with Gasteiger partial charge in [0, 0.05) is 16.7 Å². The van der Waals surface area contributed by atoms with Gasteiger partial charge in [0.05, 0.1) is 5.56 Å². The summed E-state index contributed by atoms with van der Waals surface area (Å²) in [6.07, 6.45) is 6.32. The van der Waals surface area contributed by atoms with Crippen molar-refractivity contribution >= 4 is 0 Å². The van der Waals surface area contributed by atoms with Gasteiger partial charge in [0.25, 0.3) is 0 Å². The Hall–Kier alpha value is -3.36. The van der Waals surface area contributed by atoms with Crippen LogP contribution in [0.3, 0.4) is 0 Å². The van der Waals surface area contributed by atoms with Crippen molar-refractivity contribution in [1.82, 2.24) is 0 Å². The van der Waals surface area contributed by atoms with Crippen LogP contribution in [-0.2, 0) is 6.42 Å². The van der Waals surface area contributed by atoms with E-state index in [1.165, 1.54) is 43.4 Å². The normalized spacial score (nSPS) is 17.2. The molecule has 0 heterocycles. The second kappa shape index (κ2) is 10.9. The highest BCUT2D eigenvalue weighted by atomic mass is 19.1. The van der Waals surface area contributed by atoms with Crippen LogP contribution in [-0.4, -0.2) is 0 Å². The molecule has 0 atom stereocenters. The Kier molecular flexibility index (Phi) is 7.73. The number of benzene rings is 3. The van der Waals surface area contributed by atoms with Crippen molar-refractivity contribution in [3.8, 4) is 23.7 Å². The molecule has 1 aliphatic carbocycles. The summed E-state index contributed by atoms with van der Waals surface area (Å²) in [5, 5.41) is 0. The standard InChI is InChI=1S/C33H32F2/c1-22-5-9-26(10-6-22)13-14-28-20-32(34)31(33(35)21-28)16-15-30-24(3)17-29(18-25(30)4)19-27-11-7-23(2)8-12-27/h5-6,9-10,17-18,20-21,23,27H,7-8,11-12,19H2,1-4H3. The van der Waals surface area contributed by atoms with E-state index < -0.39 is 11.6 Å². The maximum absolute atomic E-state index is 14.7. The Morgan fingerprint density at radius 1 is 0.686 bits per heavy atom. The van der Waals surface area contributed by atoms with Gasteiger partial charge < -0.3 is 0 Å². The van der Waals surface area contributed by atoms with Gasteiger partial charge in [-0.1, -0.05) is 73.3 Å². The van der Waals surface area contributed by atoms with Crippen molar-refractivity contribution in [1.29, 1.82) is 0 Å². The molecule has 1 aliphatic rings. The highest BCUT2D eigenvalue weighted by Crippen LogP contribution is 2.31. The molecule has 4 rings (SSSR count). The first-order valence-corrected chi connectivity index (χ1v) is 12.5. The second-order valence-corrected chi connectivity index (χ2v) is 10.1. The molecule has 0 spiro atoms. The van der Waals surface area contributed by atoms with E-state index in [1.807, 2.05) is 45.0 Å². The maximum Gasteiger partial charge on any atom is 0.143 e. The van der Waals surface area contributed by atoms with Crippen molar-refractivity contribution in [2.24, 2.45) is 11.8 Å². The molecular weight excluding hydrogens is 434 g/mol. The van der Waals surface area contributed by atoms with E-state index in [2.05, 4.69) is 42.7 Å². The maximum atomic E-state index is 14.7. The topological polar surface area (TPSA) is 0 Å². The third-order valence-corrected chi connectivity index (χ3v) is 7.01. The quantitative estimate of drug-likeness (QED) is 0.335. The lowest BCUT2D eigenvalue weighted by Gasteiger charge is -2.26. The molecule has 0 aliphatic heterocycles. The summed E-state index contributed by atoms with van der Waals surface area (Å²) in [7, 11) is 0. The van der Waals surface area contributed by atoms with Crippen molar-refractivity contribution in [2.75, 3.05) is 0 Å². The van der Waals surface area contributed by atoms with Crippen molar-refractivity contribution < 1.29 is 8.78 Å². The van der Waals surface area contributed by atoms with Gasteiger partial charge in [-0.25, -0.2) is 8.78 Å². The molecule has 0 nitrogen and oxygen atoms in total. The SMILES string of the molecule is Cc1ccc(C#Cc2cc(F)c(C#Cc3c(C)cc(CC4CCC(C)CC4)cc3C)c(F)c2)cc1. The number of halogens is 2. The van der Waals surface area contributed by atoms with Gasteiger partial charge in [0.15, 0.2) is 0 Å². The predicted molar refractivity (Wildman–Crippen MR) is 140 cm³/mol. The van der Waals surface area contributed by atoms with Gasteiger partial charge in [-0.3, -0.25) is 0 Å². The zero-order valence-electron chi connectivity index (χ0n) is 21.1. The molecule has 2 heteroatoms. The number of aryl methyl sites for hydroxylation is 3. The molecule has 0 N–H and O–H groups in total. The zero-order chi connectivity index (χ0) is 24.9. The summed E-state index contributed by atoms with van der Waals surface area (Å²) < 4.78 is 29.5. The minimum atomic E-state index is -0.691. The van der Waals surface area contributed by atoms with Crippen LogP contribution in [0.5, 0.6) is 0 Å². The third kappa shape index (κ3) is 6.41. The van der Waals surface area contributed by atoms with Crippen LogP contribution in [0.2, 0.25) is 0 Å². The lowest BCUT2D eigenvalue weighted by atomic mass is 9.79. The molecule has 0 saturated heterocycles. The predicted octanol–water partition coefficient (Wildman–Crippen LogP) is 8.06. The highest BCUT2D eigenvalue weighted by molar-refractivity contribution is 5.53. The largest absolute Gasteiger partial charge is 0.205 e. The number of hydrogen-bond donors (Lipinski definition) is 0. The smallest absolute Gasteiger partial charge is 0.143 e. The van der Waals surface area contributed by atoms with Crippen molar-refractivity contribution in [3.63, 3.8) is 0 Å². The average Bonchev–Trinajstić information content (AvgIpc) is 2.81. The molecule has 3 aromatic rings. The first kappa shape index (κ1) is 24.8. The van der Waals surface area contributed by atoms with Crippen molar-refractivity contribution in [2.45, 2.75) is 59.8 Å². The van der Waals surface area contributed by atoms with Crippen LogP contribution in [0.1, 0.15) is 77.1 Å². The van der Waals surface area contributed by atoms with Crippen LogP contribution < -0.4 is 0 Å². The molecule has 0 bridgehead atoms. The second-order valence-electron chi connectivity index (χ2n) is 10.1. The van der Waals surface area contributed by atoms with Gasteiger partial charge in [-0.05, 0) is 92.8 Å². The summed E-state index contributed by atoms with van der Waals surface area (Å²) in [5.74, 6) is 11.8. The molecule has 1 fully saturated rings. The van der Waals surface area contributed by atoms with E-state index in [0.29, 0.717) is 5.56 Å². The molecule has 0 amide bonds. The van der Waals surface area contributed by atoms with Crippen LogP contribution in [0, 0.1) is 67.9 Å². The Morgan fingerprint density at radius 3 is 1.83 bits per heavy atom. The minimum Gasteiger partial charge on any atom is -0.205 e. The number of rotatable bonds is 2. The first-order valence-electron chi connectivity index (χ1n) is 12.5. The van der Waals surface area contributed by atoms with E-state index >= 15 is 0 Å². The average molecular weight is 467 g/mol. The fourth-order valence-corrected chi connectivity index (χ4v) is 4.91. The monoisotopic (exact) mass is 466 g/mol. The van der Waals surface area contributed by atoms with Gasteiger partial charge in [-0.15, -0.1) is 0 Å². The molecule has 0 aromatic heterocycles. The van der Waals surface area contributed by atoms with Crippen LogP contribution >= 0.6 is 0 Å². The fraction of sp³-hybridized carbons (Fsp3) is 0.333. The van der Waals surface area contributed by atoms with Crippen LogP contribution in [0.25, 0.3) is 0 Å². The first-order chi connectivity index (χ1) is 16.8. The summed E-state index contributed by atoms with van der Waals surface area (Å²) in [5.41, 5.74) is 6.29. The molecule has 178 valence electrons. The van der Waals surface area contributed by atoms with Crippen molar-refractivity contribution in [3.05, 3.63) is 105 Å². The molecule has 35 heavy (non-hydrogen) atoms. The molecule has 0 radical (unpaired) electrons. The van der Waals surface area contributed by atoms with E-state index in [1.54, 1.807) is 0 Å². The Morgan fingerprint density at radius 2 is 1.23 bits per heavy atom. The number of hydrogen-bond acceptors (Lipinski definition) is 0. The lowest BCUT2D eigenvalue weighted by molar-refractivity contribution is 0.289. The van der Waals surface area contributed by atoms with Gasteiger partial charge >= 0.3 is 0 Å². The van der Waals surface area contributed by atoms with Gasteiger partial charge in [-0.2, -0.15) is 0 Å². The van der Waals surface area contributed by atoms with E-state index in [-0.39, 0.29) is 5.56 Å². The summed E-state index contributed by atoms with van der Waals surface area (Å²) in [6.45, 7) is 8.40. The van der Waals surface area contributed by atoms with E-state index in [0.717, 1.165) is 46.1 Å². The van der Waals surface area contributed by atoms with Crippen LogP contribution in [0.4, 0.5) is 8.78 Å². The molecule has 3 aromatic carbocycles.